The summed E-state index contributed by atoms with van der Waals surface area (Å²) >= 11 is 1.40. The van der Waals surface area contributed by atoms with Crippen molar-refractivity contribution in [1.29, 1.82) is 0 Å². The predicted octanol–water partition coefficient (Wildman–Crippen LogP) is 3.36. The average Bonchev–Trinajstić information content (AvgIpc) is 2.87. The van der Waals surface area contributed by atoms with Crippen molar-refractivity contribution in [3.63, 3.8) is 0 Å². The summed E-state index contributed by atoms with van der Waals surface area (Å²) in [5.74, 6) is -0.462. The third-order valence-corrected chi connectivity index (χ3v) is 4.39. The number of carbonyl (C=O) groups excluding carboxylic acids is 1. The highest BCUT2D eigenvalue weighted by atomic mass is 32.1. The Labute approximate surface area is 127 Å². The molecule has 2 rings (SSSR count). The molecule has 0 spiro atoms. The van der Waals surface area contributed by atoms with Gasteiger partial charge in [0.2, 0.25) is 0 Å². The maximum absolute atomic E-state index is 13.0. The van der Waals surface area contributed by atoms with Crippen LogP contribution in [0, 0.1) is 12.7 Å². The van der Waals surface area contributed by atoms with E-state index in [4.69, 9.17) is 5.11 Å². The van der Waals surface area contributed by atoms with Crippen LogP contribution in [0.2, 0.25) is 0 Å². The molecule has 2 aromatic rings. The summed E-state index contributed by atoms with van der Waals surface area (Å²) in [5.41, 5.74) is 1.82. The van der Waals surface area contributed by atoms with Crippen molar-refractivity contribution in [2.75, 3.05) is 6.61 Å². The van der Waals surface area contributed by atoms with E-state index in [9.17, 15) is 9.18 Å². The Bertz CT molecular complexity index is 618. The average molecular weight is 307 g/mol. The first kappa shape index (κ1) is 15.7. The van der Waals surface area contributed by atoms with E-state index in [-0.39, 0.29) is 24.4 Å². The number of aliphatic hydroxyl groups excluding tert-OH is 1. The first-order valence-electron chi connectivity index (χ1n) is 6.83. The van der Waals surface area contributed by atoms with Gasteiger partial charge in [0.05, 0.1) is 17.5 Å². The first-order chi connectivity index (χ1) is 10.0. The first-order valence-corrected chi connectivity index (χ1v) is 7.65. The maximum Gasteiger partial charge on any atom is 0.261 e. The molecule has 5 heteroatoms. The molecule has 3 nitrogen and oxygen atoms in total. The Hall–Kier alpha value is -1.72. The van der Waals surface area contributed by atoms with Gasteiger partial charge < -0.3 is 10.4 Å². The van der Waals surface area contributed by atoms with Crippen LogP contribution >= 0.6 is 11.3 Å². The second-order valence-electron chi connectivity index (χ2n) is 4.85. The Morgan fingerprint density at radius 1 is 1.38 bits per heavy atom. The Morgan fingerprint density at radius 2 is 2.05 bits per heavy atom. The van der Waals surface area contributed by atoms with Crippen molar-refractivity contribution in [3.05, 3.63) is 45.9 Å². The van der Waals surface area contributed by atoms with Gasteiger partial charge in [0.1, 0.15) is 5.82 Å². The molecule has 0 radical (unpaired) electrons. The van der Waals surface area contributed by atoms with Gasteiger partial charge in [-0.05, 0) is 42.7 Å². The van der Waals surface area contributed by atoms with Crippen LogP contribution in [0.3, 0.4) is 0 Å². The van der Waals surface area contributed by atoms with E-state index in [1.165, 1.54) is 23.5 Å². The van der Waals surface area contributed by atoms with Gasteiger partial charge in [0, 0.05) is 4.88 Å². The topological polar surface area (TPSA) is 49.3 Å². The summed E-state index contributed by atoms with van der Waals surface area (Å²) in [6, 6.07) is 7.81. The van der Waals surface area contributed by atoms with Crippen LogP contribution in [0.25, 0.3) is 11.1 Å². The Balaban J connectivity index is 2.22. The highest BCUT2D eigenvalue weighted by molar-refractivity contribution is 7.14. The normalized spacial score (nSPS) is 12.2. The van der Waals surface area contributed by atoms with E-state index in [0.29, 0.717) is 11.3 Å². The largest absolute Gasteiger partial charge is 0.394 e. The lowest BCUT2D eigenvalue weighted by molar-refractivity contribution is 0.0919. The number of benzene rings is 1. The molecule has 0 saturated carbocycles. The molecule has 1 atom stereocenters. The second kappa shape index (κ2) is 6.83. The number of aryl methyl sites for hydroxylation is 1. The molecular formula is C16H18FNO2S. The molecule has 1 aromatic heterocycles. The number of rotatable bonds is 5. The van der Waals surface area contributed by atoms with E-state index in [1.54, 1.807) is 12.1 Å². The number of hydrogen-bond donors (Lipinski definition) is 2. The summed E-state index contributed by atoms with van der Waals surface area (Å²) in [6.45, 7) is 3.77. The van der Waals surface area contributed by atoms with Crippen LogP contribution in [-0.2, 0) is 0 Å². The summed E-state index contributed by atoms with van der Waals surface area (Å²) in [5, 5.41) is 11.9. The molecule has 1 unspecified atom stereocenters. The molecule has 21 heavy (non-hydrogen) atoms. The van der Waals surface area contributed by atoms with E-state index in [2.05, 4.69) is 5.32 Å². The molecule has 1 amide bonds. The standard InChI is InChI=1S/C16H18FNO2S/c1-3-13(9-19)18-16(20)15-8-14(10(2)21-15)11-4-6-12(17)7-5-11/h4-8,13,19H,3,9H2,1-2H3,(H,18,20). The minimum absolute atomic E-state index is 0.0720. The summed E-state index contributed by atoms with van der Waals surface area (Å²) in [7, 11) is 0. The Kier molecular flexibility index (Phi) is 5.09. The van der Waals surface area contributed by atoms with Gasteiger partial charge in [-0.3, -0.25) is 4.79 Å². The summed E-state index contributed by atoms with van der Waals surface area (Å²) in [4.78, 5) is 13.8. The second-order valence-corrected chi connectivity index (χ2v) is 6.10. The minimum atomic E-state index is -0.279. The molecule has 0 aliphatic carbocycles. The molecule has 112 valence electrons. The monoisotopic (exact) mass is 307 g/mol. The number of nitrogens with one attached hydrogen (secondary N) is 1. The SMILES string of the molecule is CCC(CO)NC(=O)c1cc(-c2ccc(F)cc2)c(C)s1. The fourth-order valence-electron chi connectivity index (χ4n) is 2.04. The van der Waals surface area contributed by atoms with E-state index < -0.39 is 0 Å². The van der Waals surface area contributed by atoms with Crippen LogP contribution in [0.4, 0.5) is 4.39 Å². The zero-order valence-corrected chi connectivity index (χ0v) is 12.8. The molecule has 1 aromatic carbocycles. The van der Waals surface area contributed by atoms with Crippen molar-refractivity contribution >= 4 is 17.2 Å². The predicted molar refractivity (Wildman–Crippen MR) is 83.1 cm³/mol. The number of thiophene rings is 1. The van der Waals surface area contributed by atoms with Crippen LogP contribution in [-0.4, -0.2) is 23.7 Å². The highest BCUT2D eigenvalue weighted by Crippen LogP contribution is 2.31. The fourth-order valence-corrected chi connectivity index (χ4v) is 2.99. The molecular weight excluding hydrogens is 289 g/mol. The Morgan fingerprint density at radius 3 is 2.62 bits per heavy atom. The van der Waals surface area contributed by atoms with Crippen molar-refractivity contribution in [2.45, 2.75) is 26.3 Å². The lowest BCUT2D eigenvalue weighted by Crippen LogP contribution is -2.36. The molecule has 2 N–H and O–H groups in total. The molecule has 0 aliphatic rings. The molecule has 0 saturated heterocycles. The third-order valence-electron chi connectivity index (χ3n) is 3.35. The fraction of sp³-hybridized carbons (Fsp3) is 0.312. The van der Waals surface area contributed by atoms with Crippen LogP contribution in [0.1, 0.15) is 27.9 Å². The van der Waals surface area contributed by atoms with Crippen molar-refractivity contribution in [2.24, 2.45) is 0 Å². The van der Waals surface area contributed by atoms with E-state index in [0.717, 1.165) is 16.0 Å². The van der Waals surface area contributed by atoms with Crippen molar-refractivity contribution in [3.8, 4) is 11.1 Å². The molecule has 0 bridgehead atoms. The summed E-state index contributed by atoms with van der Waals surface area (Å²) in [6.07, 6.45) is 0.678. The van der Waals surface area contributed by atoms with E-state index >= 15 is 0 Å². The van der Waals surface area contributed by atoms with Gasteiger partial charge in [-0.15, -0.1) is 11.3 Å². The maximum atomic E-state index is 13.0. The van der Waals surface area contributed by atoms with Gasteiger partial charge in [-0.1, -0.05) is 19.1 Å². The highest BCUT2D eigenvalue weighted by Gasteiger charge is 2.16. The molecule has 0 fully saturated rings. The summed E-state index contributed by atoms with van der Waals surface area (Å²) < 4.78 is 13.0. The quantitative estimate of drug-likeness (QED) is 0.890. The van der Waals surface area contributed by atoms with Gasteiger partial charge in [-0.2, -0.15) is 0 Å². The van der Waals surface area contributed by atoms with Crippen molar-refractivity contribution in [1.82, 2.24) is 5.32 Å². The van der Waals surface area contributed by atoms with Crippen molar-refractivity contribution < 1.29 is 14.3 Å². The number of carbonyl (C=O) groups is 1. The smallest absolute Gasteiger partial charge is 0.261 e. The lowest BCUT2D eigenvalue weighted by atomic mass is 10.1. The van der Waals surface area contributed by atoms with E-state index in [1.807, 2.05) is 19.9 Å². The lowest BCUT2D eigenvalue weighted by Gasteiger charge is -2.12. The third kappa shape index (κ3) is 3.68. The van der Waals surface area contributed by atoms with Crippen LogP contribution in [0.15, 0.2) is 30.3 Å². The van der Waals surface area contributed by atoms with Gasteiger partial charge in [-0.25, -0.2) is 4.39 Å². The number of halogens is 1. The van der Waals surface area contributed by atoms with Crippen LogP contribution < -0.4 is 5.32 Å². The van der Waals surface area contributed by atoms with Gasteiger partial charge >= 0.3 is 0 Å². The van der Waals surface area contributed by atoms with Crippen LogP contribution in [0.5, 0.6) is 0 Å². The number of aliphatic hydroxyl groups is 1. The molecule has 1 heterocycles. The minimum Gasteiger partial charge on any atom is -0.394 e. The zero-order valence-electron chi connectivity index (χ0n) is 12.0. The van der Waals surface area contributed by atoms with Gasteiger partial charge in [0.15, 0.2) is 0 Å². The number of amides is 1. The van der Waals surface area contributed by atoms with Gasteiger partial charge in [0.25, 0.3) is 5.91 Å². The zero-order chi connectivity index (χ0) is 15.4. The number of hydrogen-bond acceptors (Lipinski definition) is 3. The molecule has 0 aliphatic heterocycles.